The Morgan fingerprint density at radius 1 is 1.16 bits per heavy atom. The molecule has 0 radical (unpaired) electrons. The molecule has 0 atom stereocenters. The fourth-order valence-electron chi connectivity index (χ4n) is 2.52. The fourth-order valence-corrected chi connectivity index (χ4v) is 2.70. The molecular weight excluding hydrogens is 342 g/mol. The molecule has 0 aliphatic carbocycles. The molecule has 0 N–H and O–H groups in total. The minimum Gasteiger partial charge on any atom is -0.496 e. The number of nitro groups is 1. The summed E-state index contributed by atoms with van der Waals surface area (Å²) in [5.41, 5.74) is 2.97. The third-order valence-electron chi connectivity index (χ3n) is 3.70. The number of nitro benzene ring substituents is 1. The Hall–Kier alpha value is -2.99. The van der Waals surface area contributed by atoms with Gasteiger partial charge in [0.05, 0.1) is 17.7 Å². The first kappa shape index (κ1) is 16.9. The van der Waals surface area contributed by atoms with Crippen molar-refractivity contribution in [1.29, 1.82) is 0 Å². The van der Waals surface area contributed by atoms with Gasteiger partial charge < -0.3 is 4.74 Å². The summed E-state index contributed by atoms with van der Waals surface area (Å²) in [6.45, 7) is 0. The molecule has 2 aromatic carbocycles. The Labute approximate surface area is 149 Å². The van der Waals surface area contributed by atoms with Gasteiger partial charge in [0.2, 0.25) is 0 Å². The van der Waals surface area contributed by atoms with E-state index in [0.29, 0.717) is 12.2 Å². The van der Waals surface area contributed by atoms with E-state index in [4.69, 9.17) is 16.3 Å². The molecule has 0 bridgehead atoms. The second-order valence-corrected chi connectivity index (χ2v) is 5.72. The van der Waals surface area contributed by atoms with Crippen molar-refractivity contribution < 1.29 is 9.66 Å². The number of aromatic nitrogens is 2. The Morgan fingerprint density at radius 3 is 2.72 bits per heavy atom. The highest BCUT2D eigenvalue weighted by Gasteiger charge is 2.14. The molecule has 126 valence electrons. The summed E-state index contributed by atoms with van der Waals surface area (Å²) in [4.78, 5) is 19.1. The van der Waals surface area contributed by atoms with Crippen LogP contribution in [0.5, 0.6) is 5.75 Å². The van der Waals surface area contributed by atoms with Gasteiger partial charge in [-0.1, -0.05) is 29.8 Å². The Bertz CT molecular complexity index is 931. The first-order valence-corrected chi connectivity index (χ1v) is 7.83. The topological polar surface area (TPSA) is 78.2 Å². The van der Waals surface area contributed by atoms with Crippen molar-refractivity contribution in [2.24, 2.45) is 0 Å². The van der Waals surface area contributed by atoms with E-state index < -0.39 is 4.92 Å². The lowest BCUT2D eigenvalue weighted by molar-refractivity contribution is -0.384. The van der Waals surface area contributed by atoms with Crippen molar-refractivity contribution in [3.05, 3.63) is 81.3 Å². The van der Waals surface area contributed by atoms with Gasteiger partial charge in [-0.2, -0.15) is 0 Å². The van der Waals surface area contributed by atoms with Gasteiger partial charge in [-0.25, -0.2) is 9.97 Å². The SMILES string of the molecule is COc1ccccc1-c1cc(Cc2ccc(Cl)c([N+](=O)[O-])c2)ncn1. The Balaban J connectivity index is 1.93. The van der Waals surface area contributed by atoms with E-state index in [2.05, 4.69) is 9.97 Å². The average molecular weight is 356 g/mol. The number of hydrogen-bond acceptors (Lipinski definition) is 5. The van der Waals surface area contributed by atoms with Gasteiger partial charge in [0.15, 0.2) is 0 Å². The number of benzene rings is 2. The van der Waals surface area contributed by atoms with Crippen LogP contribution in [0.15, 0.2) is 54.9 Å². The standard InChI is InChI=1S/C18H14ClN3O3/c1-25-18-5-3-2-4-14(18)16-10-13(20-11-21-16)8-12-6-7-15(19)17(9-12)22(23)24/h2-7,9-11H,8H2,1H3. The zero-order chi connectivity index (χ0) is 17.8. The maximum atomic E-state index is 11.0. The van der Waals surface area contributed by atoms with Gasteiger partial charge in [0, 0.05) is 23.7 Å². The quantitative estimate of drug-likeness (QED) is 0.503. The lowest BCUT2D eigenvalue weighted by Crippen LogP contribution is -1.97. The monoisotopic (exact) mass is 355 g/mol. The zero-order valence-electron chi connectivity index (χ0n) is 13.3. The lowest BCUT2D eigenvalue weighted by Gasteiger charge is -2.08. The van der Waals surface area contributed by atoms with Crippen molar-refractivity contribution in [3.63, 3.8) is 0 Å². The van der Waals surface area contributed by atoms with Crippen LogP contribution in [0.3, 0.4) is 0 Å². The third-order valence-corrected chi connectivity index (χ3v) is 4.02. The Morgan fingerprint density at radius 2 is 1.96 bits per heavy atom. The number of hydrogen-bond donors (Lipinski definition) is 0. The number of methoxy groups -OCH3 is 1. The number of halogens is 1. The van der Waals surface area contributed by atoms with E-state index in [9.17, 15) is 10.1 Å². The second kappa shape index (κ2) is 7.27. The highest BCUT2D eigenvalue weighted by Crippen LogP contribution is 2.29. The highest BCUT2D eigenvalue weighted by atomic mass is 35.5. The summed E-state index contributed by atoms with van der Waals surface area (Å²) in [7, 11) is 1.60. The van der Waals surface area contributed by atoms with Gasteiger partial charge in [-0.05, 0) is 29.8 Å². The van der Waals surface area contributed by atoms with Crippen molar-refractivity contribution in [3.8, 4) is 17.0 Å². The van der Waals surface area contributed by atoms with Crippen LogP contribution < -0.4 is 4.74 Å². The summed E-state index contributed by atoms with van der Waals surface area (Å²) in [5, 5.41) is 11.1. The zero-order valence-corrected chi connectivity index (χ0v) is 14.1. The van der Waals surface area contributed by atoms with Crippen LogP contribution in [0.25, 0.3) is 11.3 Å². The van der Waals surface area contributed by atoms with Crippen LogP contribution in [0.1, 0.15) is 11.3 Å². The summed E-state index contributed by atoms with van der Waals surface area (Å²) in [5.74, 6) is 0.717. The van der Waals surface area contributed by atoms with E-state index in [1.165, 1.54) is 18.5 Å². The highest BCUT2D eigenvalue weighted by molar-refractivity contribution is 6.32. The molecule has 0 unspecified atom stereocenters. The summed E-state index contributed by atoms with van der Waals surface area (Å²) >= 11 is 5.85. The number of rotatable bonds is 5. The second-order valence-electron chi connectivity index (χ2n) is 5.31. The average Bonchev–Trinajstić information content (AvgIpc) is 2.63. The molecule has 25 heavy (non-hydrogen) atoms. The molecule has 7 heteroatoms. The normalized spacial score (nSPS) is 10.5. The molecule has 0 saturated carbocycles. The minimum absolute atomic E-state index is 0.113. The number of para-hydroxylation sites is 1. The first-order chi connectivity index (χ1) is 12.1. The molecule has 0 aliphatic heterocycles. The van der Waals surface area contributed by atoms with Crippen molar-refractivity contribution >= 4 is 17.3 Å². The minimum atomic E-state index is -0.494. The van der Waals surface area contributed by atoms with Crippen LogP contribution >= 0.6 is 11.6 Å². The summed E-state index contributed by atoms with van der Waals surface area (Å²) in [6, 6.07) is 14.2. The van der Waals surface area contributed by atoms with E-state index >= 15 is 0 Å². The lowest BCUT2D eigenvalue weighted by atomic mass is 10.1. The van der Waals surface area contributed by atoms with E-state index in [-0.39, 0.29) is 10.7 Å². The van der Waals surface area contributed by atoms with Gasteiger partial charge in [0.1, 0.15) is 17.1 Å². The predicted molar refractivity (Wildman–Crippen MR) is 94.9 cm³/mol. The van der Waals surface area contributed by atoms with Crippen molar-refractivity contribution in [2.45, 2.75) is 6.42 Å². The van der Waals surface area contributed by atoms with E-state index in [1.807, 2.05) is 30.3 Å². The number of nitrogens with zero attached hydrogens (tertiary/aromatic N) is 3. The van der Waals surface area contributed by atoms with E-state index in [0.717, 1.165) is 22.5 Å². The van der Waals surface area contributed by atoms with Crippen LogP contribution in [-0.2, 0) is 6.42 Å². The molecule has 3 rings (SSSR count). The van der Waals surface area contributed by atoms with E-state index in [1.54, 1.807) is 13.2 Å². The molecule has 0 spiro atoms. The first-order valence-electron chi connectivity index (χ1n) is 7.45. The molecule has 1 aromatic heterocycles. The van der Waals surface area contributed by atoms with Crippen LogP contribution in [-0.4, -0.2) is 22.0 Å². The van der Waals surface area contributed by atoms with Gasteiger partial charge in [-0.15, -0.1) is 0 Å². The molecule has 0 amide bonds. The molecule has 3 aromatic rings. The maximum absolute atomic E-state index is 11.0. The predicted octanol–water partition coefficient (Wildman–Crippen LogP) is 4.30. The van der Waals surface area contributed by atoms with Crippen LogP contribution in [0.2, 0.25) is 5.02 Å². The van der Waals surface area contributed by atoms with Gasteiger partial charge in [0.25, 0.3) is 5.69 Å². The third kappa shape index (κ3) is 3.75. The molecular formula is C18H14ClN3O3. The summed E-state index contributed by atoms with van der Waals surface area (Å²) in [6.07, 6.45) is 1.91. The Kier molecular flexibility index (Phi) is 4.90. The molecule has 0 fully saturated rings. The van der Waals surface area contributed by atoms with Gasteiger partial charge >= 0.3 is 0 Å². The fraction of sp³-hybridized carbons (Fsp3) is 0.111. The molecule has 1 heterocycles. The molecule has 6 nitrogen and oxygen atoms in total. The van der Waals surface area contributed by atoms with Gasteiger partial charge in [-0.3, -0.25) is 10.1 Å². The van der Waals surface area contributed by atoms with Crippen LogP contribution in [0, 0.1) is 10.1 Å². The maximum Gasteiger partial charge on any atom is 0.288 e. The summed E-state index contributed by atoms with van der Waals surface area (Å²) < 4.78 is 5.36. The largest absolute Gasteiger partial charge is 0.496 e. The molecule has 0 saturated heterocycles. The van der Waals surface area contributed by atoms with Crippen molar-refractivity contribution in [1.82, 2.24) is 9.97 Å². The molecule has 0 aliphatic rings. The number of ether oxygens (including phenoxy) is 1. The van der Waals surface area contributed by atoms with Crippen LogP contribution in [0.4, 0.5) is 5.69 Å². The van der Waals surface area contributed by atoms with Crippen molar-refractivity contribution in [2.75, 3.05) is 7.11 Å². The smallest absolute Gasteiger partial charge is 0.288 e.